The largest absolute Gasteiger partial charge is 0.204 e. The Kier molecular flexibility index (Phi) is 3.58. The van der Waals surface area contributed by atoms with Crippen LogP contribution in [0.3, 0.4) is 0 Å². The van der Waals surface area contributed by atoms with Crippen LogP contribution in [0, 0.1) is 34.3 Å². The average Bonchev–Trinajstić information content (AvgIpc) is 2.29. The first kappa shape index (κ1) is 12.1. The van der Waals surface area contributed by atoms with Crippen LogP contribution in [0.1, 0.15) is 25.3 Å². The van der Waals surface area contributed by atoms with Crippen molar-refractivity contribution in [3.8, 4) is 12.1 Å². The highest BCUT2D eigenvalue weighted by Gasteiger charge is 2.30. The van der Waals surface area contributed by atoms with Gasteiger partial charge >= 0.3 is 0 Å². The number of nitrogens with zero attached hydrogens (tertiary/aromatic N) is 2. The molecule has 4 heteroatoms. The Balaban J connectivity index is 3.20. The molecule has 1 atom stereocenters. The molecule has 0 aromatic heterocycles. The number of nitriles is 2. The molecule has 0 saturated heterocycles. The molecule has 1 rings (SSSR count). The maximum Gasteiger partial charge on any atom is 0.163 e. The smallest absolute Gasteiger partial charge is 0.163 e. The standard InChI is InChI=1S/C12H10F2N2/c1-12(8-16,6-3-7-15)9-4-2-5-10(13)11(9)14/h2,4-5H,3,6H2,1H3. The highest BCUT2D eigenvalue weighted by Crippen LogP contribution is 2.31. The lowest BCUT2D eigenvalue weighted by Crippen LogP contribution is -2.21. The molecule has 0 saturated carbocycles. The molecule has 1 aromatic carbocycles. The molecule has 0 N–H and O–H groups in total. The summed E-state index contributed by atoms with van der Waals surface area (Å²) in [6.07, 6.45) is 0.306. The van der Waals surface area contributed by atoms with E-state index in [-0.39, 0.29) is 18.4 Å². The van der Waals surface area contributed by atoms with Gasteiger partial charge in [0, 0.05) is 12.0 Å². The summed E-state index contributed by atoms with van der Waals surface area (Å²) in [7, 11) is 0. The van der Waals surface area contributed by atoms with Gasteiger partial charge in [-0.2, -0.15) is 10.5 Å². The van der Waals surface area contributed by atoms with Gasteiger partial charge in [0.15, 0.2) is 11.6 Å². The summed E-state index contributed by atoms with van der Waals surface area (Å²) in [6.45, 7) is 1.50. The fraction of sp³-hybridized carbons (Fsp3) is 0.333. The van der Waals surface area contributed by atoms with Gasteiger partial charge < -0.3 is 0 Å². The van der Waals surface area contributed by atoms with Crippen molar-refractivity contribution in [1.29, 1.82) is 10.5 Å². The molecule has 0 heterocycles. The van der Waals surface area contributed by atoms with Crippen LogP contribution in [0.4, 0.5) is 8.78 Å². The highest BCUT2D eigenvalue weighted by atomic mass is 19.2. The zero-order valence-electron chi connectivity index (χ0n) is 8.80. The van der Waals surface area contributed by atoms with E-state index >= 15 is 0 Å². The Labute approximate surface area is 92.7 Å². The van der Waals surface area contributed by atoms with E-state index < -0.39 is 17.0 Å². The second-order valence-electron chi connectivity index (χ2n) is 3.70. The quantitative estimate of drug-likeness (QED) is 0.785. The monoisotopic (exact) mass is 220 g/mol. The van der Waals surface area contributed by atoms with Crippen molar-refractivity contribution in [2.45, 2.75) is 25.2 Å². The van der Waals surface area contributed by atoms with Gasteiger partial charge in [-0.15, -0.1) is 0 Å². The van der Waals surface area contributed by atoms with Crippen LogP contribution in [0.5, 0.6) is 0 Å². The predicted molar refractivity (Wildman–Crippen MR) is 54.2 cm³/mol. The van der Waals surface area contributed by atoms with Crippen molar-refractivity contribution in [2.24, 2.45) is 0 Å². The molecule has 0 aliphatic heterocycles. The Morgan fingerprint density at radius 2 is 2.00 bits per heavy atom. The van der Waals surface area contributed by atoms with Gasteiger partial charge in [-0.05, 0) is 19.4 Å². The van der Waals surface area contributed by atoms with E-state index in [1.165, 1.54) is 19.1 Å². The second-order valence-corrected chi connectivity index (χ2v) is 3.70. The summed E-state index contributed by atoms with van der Waals surface area (Å²) in [6, 6.07) is 7.57. The summed E-state index contributed by atoms with van der Waals surface area (Å²) in [5.74, 6) is -1.99. The lowest BCUT2D eigenvalue weighted by atomic mass is 9.80. The van der Waals surface area contributed by atoms with E-state index in [4.69, 9.17) is 10.5 Å². The first-order valence-electron chi connectivity index (χ1n) is 4.78. The van der Waals surface area contributed by atoms with Gasteiger partial charge in [0.25, 0.3) is 0 Å². The molecule has 0 aliphatic rings. The lowest BCUT2D eigenvalue weighted by Gasteiger charge is -2.21. The molecule has 16 heavy (non-hydrogen) atoms. The Morgan fingerprint density at radius 3 is 2.56 bits per heavy atom. The van der Waals surface area contributed by atoms with Crippen LogP contribution in [0.15, 0.2) is 18.2 Å². The molecule has 0 amide bonds. The molecular weight excluding hydrogens is 210 g/mol. The topological polar surface area (TPSA) is 47.6 Å². The third-order valence-corrected chi connectivity index (χ3v) is 2.53. The lowest BCUT2D eigenvalue weighted by molar-refractivity contribution is 0.462. The Bertz CT molecular complexity index is 471. The van der Waals surface area contributed by atoms with Gasteiger partial charge in [-0.3, -0.25) is 0 Å². The summed E-state index contributed by atoms with van der Waals surface area (Å²) < 4.78 is 26.5. The van der Waals surface area contributed by atoms with Crippen molar-refractivity contribution < 1.29 is 8.78 Å². The zero-order valence-corrected chi connectivity index (χ0v) is 8.80. The van der Waals surface area contributed by atoms with Gasteiger partial charge in [0.05, 0.1) is 17.6 Å². The molecular formula is C12H10F2N2. The molecule has 0 spiro atoms. The van der Waals surface area contributed by atoms with Crippen LogP contribution in [0.2, 0.25) is 0 Å². The number of hydrogen-bond donors (Lipinski definition) is 0. The van der Waals surface area contributed by atoms with Crippen LogP contribution in [-0.2, 0) is 5.41 Å². The van der Waals surface area contributed by atoms with Gasteiger partial charge in [-0.1, -0.05) is 12.1 Å². The zero-order chi connectivity index (χ0) is 12.2. The average molecular weight is 220 g/mol. The van der Waals surface area contributed by atoms with Gasteiger partial charge in [-0.25, -0.2) is 8.78 Å². The first-order valence-corrected chi connectivity index (χ1v) is 4.78. The van der Waals surface area contributed by atoms with Gasteiger partial charge in [0.1, 0.15) is 0 Å². The maximum absolute atomic E-state index is 13.5. The summed E-state index contributed by atoms with van der Waals surface area (Å²) in [4.78, 5) is 0. The minimum absolute atomic E-state index is 0.00486. The van der Waals surface area contributed by atoms with Crippen LogP contribution in [0.25, 0.3) is 0 Å². The van der Waals surface area contributed by atoms with Crippen LogP contribution < -0.4 is 0 Å². The number of rotatable bonds is 3. The van der Waals surface area contributed by atoms with Crippen molar-refractivity contribution >= 4 is 0 Å². The van der Waals surface area contributed by atoms with Crippen molar-refractivity contribution in [1.82, 2.24) is 0 Å². The third kappa shape index (κ3) is 2.17. The van der Waals surface area contributed by atoms with E-state index in [9.17, 15) is 8.78 Å². The fourth-order valence-corrected chi connectivity index (χ4v) is 1.49. The van der Waals surface area contributed by atoms with E-state index in [2.05, 4.69) is 0 Å². The maximum atomic E-state index is 13.5. The summed E-state index contributed by atoms with van der Waals surface area (Å²) in [5, 5.41) is 17.5. The Morgan fingerprint density at radius 1 is 1.31 bits per heavy atom. The second kappa shape index (κ2) is 4.72. The number of benzene rings is 1. The molecule has 1 aromatic rings. The molecule has 0 aliphatic carbocycles. The summed E-state index contributed by atoms with van der Waals surface area (Å²) >= 11 is 0. The van der Waals surface area contributed by atoms with E-state index in [1.807, 2.05) is 12.1 Å². The molecule has 0 bridgehead atoms. The molecule has 2 nitrogen and oxygen atoms in total. The third-order valence-electron chi connectivity index (χ3n) is 2.53. The summed E-state index contributed by atoms with van der Waals surface area (Å²) in [5.41, 5.74) is -1.16. The van der Waals surface area contributed by atoms with Crippen molar-refractivity contribution in [3.05, 3.63) is 35.4 Å². The molecule has 0 radical (unpaired) electrons. The molecule has 0 fully saturated rings. The minimum Gasteiger partial charge on any atom is -0.204 e. The van der Waals surface area contributed by atoms with E-state index in [0.717, 1.165) is 6.07 Å². The highest BCUT2D eigenvalue weighted by molar-refractivity contribution is 5.33. The van der Waals surface area contributed by atoms with Gasteiger partial charge in [0.2, 0.25) is 0 Å². The number of halogens is 2. The predicted octanol–water partition coefficient (Wildman–Crippen LogP) is 3.05. The van der Waals surface area contributed by atoms with Crippen molar-refractivity contribution in [2.75, 3.05) is 0 Å². The van der Waals surface area contributed by atoms with E-state index in [1.54, 1.807) is 0 Å². The molecule has 82 valence electrons. The fourth-order valence-electron chi connectivity index (χ4n) is 1.49. The van der Waals surface area contributed by atoms with Crippen LogP contribution >= 0.6 is 0 Å². The molecule has 1 unspecified atom stereocenters. The first-order chi connectivity index (χ1) is 7.55. The van der Waals surface area contributed by atoms with Crippen LogP contribution in [-0.4, -0.2) is 0 Å². The SMILES string of the molecule is CC(C#N)(CCC#N)c1cccc(F)c1F. The van der Waals surface area contributed by atoms with Crippen molar-refractivity contribution in [3.63, 3.8) is 0 Å². The Hall–Kier alpha value is -1.94. The van der Waals surface area contributed by atoms with E-state index in [0.29, 0.717) is 0 Å². The normalized spacial score (nSPS) is 13.6. The number of hydrogen-bond acceptors (Lipinski definition) is 2. The minimum atomic E-state index is -1.16.